The van der Waals surface area contributed by atoms with E-state index in [1.54, 1.807) is 0 Å². The van der Waals surface area contributed by atoms with E-state index in [-0.39, 0.29) is 11.3 Å². The molecule has 1 aliphatic rings. The highest BCUT2D eigenvalue weighted by Gasteiger charge is 2.38. The molecule has 0 atom stereocenters. The minimum Gasteiger partial charge on any atom is -0.383 e. The van der Waals surface area contributed by atoms with Crippen molar-refractivity contribution in [3.63, 3.8) is 0 Å². The number of nitrogens with one attached hydrogen (secondary N) is 2. The molecule has 1 aliphatic carbocycles. The van der Waals surface area contributed by atoms with Crippen molar-refractivity contribution < 1.29 is 4.79 Å². The van der Waals surface area contributed by atoms with E-state index in [1.165, 1.54) is 18.2 Å². The highest BCUT2D eigenvalue weighted by molar-refractivity contribution is 5.98. The van der Waals surface area contributed by atoms with E-state index in [9.17, 15) is 4.79 Å². The van der Waals surface area contributed by atoms with E-state index >= 15 is 0 Å². The standard InChI is InChI=1S/C15H18N4O/c16-13-12(9-18-19-13)14(20)17-10-15(7-4-8-15)11-5-2-1-3-6-11/h1-3,5-6,9H,4,7-8,10H2,(H,17,20)(H3,16,18,19). The van der Waals surface area contributed by atoms with Crippen LogP contribution in [-0.4, -0.2) is 22.6 Å². The molecule has 0 unspecified atom stereocenters. The number of hydrogen-bond acceptors (Lipinski definition) is 3. The molecule has 0 bridgehead atoms. The number of H-pyrrole nitrogens is 1. The molecule has 5 nitrogen and oxygen atoms in total. The number of aromatic nitrogens is 2. The van der Waals surface area contributed by atoms with Gasteiger partial charge in [-0.25, -0.2) is 0 Å². The lowest BCUT2D eigenvalue weighted by molar-refractivity contribution is 0.0929. The summed E-state index contributed by atoms with van der Waals surface area (Å²) in [6.45, 7) is 0.639. The Morgan fingerprint density at radius 2 is 2.10 bits per heavy atom. The van der Waals surface area contributed by atoms with Crippen LogP contribution in [0.15, 0.2) is 36.5 Å². The Morgan fingerprint density at radius 3 is 2.65 bits per heavy atom. The van der Waals surface area contributed by atoms with Gasteiger partial charge in [-0.05, 0) is 18.4 Å². The van der Waals surface area contributed by atoms with Crippen molar-refractivity contribution in [2.24, 2.45) is 0 Å². The second-order valence-corrected chi connectivity index (χ2v) is 5.38. The zero-order valence-corrected chi connectivity index (χ0v) is 11.2. The average molecular weight is 270 g/mol. The summed E-state index contributed by atoms with van der Waals surface area (Å²) in [6.07, 6.45) is 4.88. The van der Waals surface area contributed by atoms with Gasteiger partial charge in [-0.15, -0.1) is 0 Å². The van der Waals surface area contributed by atoms with Crippen molar-refractivity contribution in [3.05, 3.63) is 47.7 Å². The van der Waals surface area contributed by atoms with E-state index in [0.29, 0.717) is 17.9 Å². The summed E-state index contributed by atoms with van der Waals surface area (Å²) in [5.74, 6) is 0.142. The first-order valence-corrected chi connectivity index (χ1v) is 6.84. The highest BCUT2D eigenvalue weighted by Crippen LogP contribution is 2.43. The lowest BCUT2D eigenvalue weighted by Gasteiger charge is -2.42. The molecule has 2 aromatic rings. The molecule has 1 saturated carbocycles. The Labute approximate surface area is 117 Å². The molecule has 0 spiro atoms. The number of hydrogen-bond donors (Lipinski definition) is 3. The van der Waals surface area contributed by atoms with Crippen LogP contribution in [0.4, 0.5) is 5.82 Å². The largest absolute Gasteiger partial charge is 0.383 e. The maximum absolute atomic E-state index is 12.1. The Bertz CT molecular complexity index is 601. The molecule has 20 heavy (non-hydrogen) atoms. The lowest BCUT2D eigenvalue weighted by atomic mass is 9.64. The minimum atomic E-state index is -0.168. The van der Waals surface area contributed by atoms with Crippen molar-refractivity contribution in [2.45, 2.75) is 24.7 Å². The topological polar surface area (TPSA) is 83.8 Å². The van der Waals surface area contributed by atoms with E-state index in [4.69, 9.17) is 5.73 Å². The van der Waals surface area contributed by atoms with Gasteiger partial charge in [0.15, 0.2) is 0 Å². The fourth-order valence-corrected chi connectivity index (χ4v) is 2.78. The Balaban J connectivity index is 1.71. The second kappa shape index (κ2) is 5.00. The van der Waals surface area contributed by atoms with Crippen LogP contribution in [0.3, 0.4) is 0 Å². The minimum absolute atomic E-state index is 0.0788. The number of nitrogens with zero attached hydrogens (tertiary/aromatic N) is 1. The third-order valence-electron chi connectivity index (χ3n) is 4.20. The summed E-state index contributed by atoms with van der Waals surface area (Å²) in [7, 11) is 0. The van der Waals surface area contributed by atoms with E-state index in [0.717, 1.165) is 12.8 Å². The maximum atomic E-state index is 12.1. The first-order chi connectivity index (χ1) is 9.71. The third-order valence-corrected chi connectivity index (χ3v) is 4.20. The molecule has 1 aromatic carbocycles. The van der Waals surface area contributed by atoms with Gasteiger partial charge in [-0.1, -0.05) is 36.8 Å². The molecular formula is C15H18N4O. The Kier molecular flexibility index (Phi) is 3.18. The van der Waals surface area contributed by atoms with E-state index in [1.807, 2.05) is 18.2 Å². The predicted molar refractivity (Wildman–Crippen MR) is 77.3 cm³/mol. The smallest absolute Gasteiger partial charge is 0.256 e. The van der Waals surface area contributed by atoms with Gasteiger partial charge in [0, 0.05) is 12.0 Å². The van der Waals surface area contributed by atoms with Gasteiger partial charge in [0.25, 0.3) is 5.91 Å². The van der Waals surface area contributed by atoms with Crippen molar-refractivity contribution in [1.82, 2.24) is 15.5 Å². The van der Waals surface area contributed by atoms with Crippen LogP contribution in [0.2, 0.25) is 0 Å². The van der Waals surface area contributed by atoms with Gasteiger partial charge in [-0.2, -0.15) is 5.10 Å². The molecule has 1 heterocycles. The molecule has 0 aliphatic heterocycles. The zero-order chi connectivity index (χ0) is 14.0. The van der Waals surface area contributed by atoms with Gasteiger partial charge in [0.2, 0.25) is 0 Å². The summed E-state index contributed by atoms with van der Waals surface area (Å²) < 4.78 is 0. The van der Waals surface area contributed by atoms with Crippen LogP contribution in [0.5, 0.6) is 0 Å². The number of nitrogen functional groups attached to an aromatic ring is 1. The molecule has 0 saturated heterocycles. The molecule has 3 rings (SSSR count). The molecule has 5 heteroatoms. The van der Waals surface area contributed by atoms with E-state index in [2.05, 4.69) is 27.6 Å². The monoisotopic (exact) mass is 270 g/mol. The number of carbonyl (C=O) groups is 1. The average Bonchev–Trinajstić information content (AvgIpc) is 2.85. The molecule has 1 amide bonds. The molecule has 1 fully saturated rings. The van der Waals surface area contributed by atoms with Crippen molar-refractivity contribution in [3.8, 4) is 0 Å². The van der Waals surface area contributed by atoms with Crippen molar-refractivity contribution in [1.29, 1.82) is 0 Å². The number of benzene rings is 1. The van der Waals surface area contributed by atoms with E-state index < -0.39 is 0 Å². The first-order valence-electron chi connectivity index (χ1n) is 6.84. The number of nitrogens with two attached hydrogens (primary N) is 1. The summed E-state index contributed by atoms with van der Waals surface area (Å²) >= 11 is 0. The van der Waals surface area contributed by atoms with Gasteiger partial charge in [-0.3, -0.25) is 9.89 Å². The van der Waals surface area contributed by atoms with Crippen LogP contribution in [0.25, 0.3) is 0 Å². The van der Waals surface area contributed by atoms with Gasteiger partial charge >= 0.3 is 0 Å². The molecule has 4 N–H and O–H groups in total. The van der Waals surface area contributed by atoms with Crippen molar-refractivity contribution >= 4 is 11.7 Å². The quantitative estimate of drug-likeness (QED) is 0.792. The summed E-state index contributed by atoms with van der Waals surface area (Å²) in [6, 6.07) is 10.4. The number of carbonyl (C=O) groups excluding carboxylic acids is 1. The number of rotatable bonds is 4. The summed E-state index contributed by atoms with van der Waals surface area (Å²) in [4.78, 5) is 12.1. The van der Waals surface area contributed by atoms with Crippen molar-refractivity contribution in [2.75, 3.05) is 12.3 Å². The molecule has 0 radical (unpaired) electrons. The molecule has 104 valence electrons. The van der Waals surface area contributed by atoms with Crippen LogP contribution < -0.4 is 11.1 Å². The fraction of sp³-hybridized carbons (Fsp3) is 0.333. The highest BCUT2D eigenvalue weighted by atomic mass is 16.1. The number of anilines is 1. The first kappa shape index (κ1) is 12.7. The van der Waals surface area contributed by atoms with Gasteiger partial charge in [0.05, 0.1) is 6.20 Å². The Hall–Kier alpha value is -2.30. The lowest BCUT2D eigenvalue weighted by Crippen LogP contribution is -2.45. The SMILES string of the molecule is Nc1[nH]ncc1C(=O)NCC1(c2ccccc2)CCC1. The fourth-order valence-electron chi connectivity index (χ4n) is 2.78. The van der Waals surface area contributed by atoms with Gasteiger partial charge < -0.3 is 11.1 Å². The predicted octanol–water partition coefficient (Wildman–Crippen LogP) is 1.84. The Morgan fingerprint density at radius 1 is 1.35 bits per heavy atom. The van der Waals surface area contributed by atoms with Crippen LogP contribution in [0.1, 0.15) is 35.2 Å². The molecule has 1 aromatic heterocycles. The van der Waals surface area contributed by atoms with Crippen LogP contribution in [0, 0.1) is 0 Å². The molecular weight excluding hydrogens is 252 g/mol. The van der Waals surface area contributed by atoms with Crippen LogP contribution in [-0.2, 0) is 5.41 Å². The summed E-state index contributed by atoms with van der Waals surface area (Å²) in [5.41, 5.74) is 7.45. The van der Waals surface area contributed by atoms with Gasteiger partial charge in [0.1, 0.15) is 11.4 Å². The maximum Gasteiger partial charge on any atom is 0.256 e. The number of aromatic amines is 1. The second-order valence-electron chi connectivity index (χ2n) is 5.38. The van der Waals surface area contributed by atoms with Crippen LogP contribution >= 0.6 is 0 Å². The zero-order valence-electron chi connectivity index (χ0n) is 11.2. The number of amides is 1. The normalized spacial score (nSPS) is 16.4. The third kappa shape index (κ3) is 2.15. The summed E-state index contributed by atoms with van der Waals surface area (Å²) in [5, 5.41) is 9.33.